The number of benzene rings is 1. The standard InChI is InChI=1S/C41H73N5O11/c1-6-7-8-11-43-40-38(35(2)44-41(42)45-40)33-37-10-9-36(32-39(37)48-5)34-46(3)12-13-49-16-17-51-20-21-53-24-25-55-28-29-57-31-30-56-27-26-54-23-22-52-19-18-50-15-14-47-4/h9-10,32H,6-8,11-31,33-34H2,1-5H3,(H3,42,43,44,45). The summed E-state index contributed by atoms with van der Waals surface area (Å²) in [6.07, 6.45) is 4.06. The lowest BCUT2D eigenvalue weighted by Gasteiger charge is -2.19. The number of aromatic nitrogens is 2. The van der Waals surface area contributed by atoms with Gasteiger partial charge in [0.25, 0.3) is 0 Å². The van der Waals surface area contributed by atoms with Gasteiger partial charge in [-0.3, -0.25) is 4.90 Å². The quantitative estimate of drug-likeness (QED) is 0.0932. The van der Waals surface area contributed by atoms with Gasteiger partial charge in [0.1, 0.15) is 11.6 Å². The summed E-state index contributed by atoms with van der Waals surface area (Å²) in [5, 5.41) is 3.47. The molecule has 1 aromatic heterocycles. The van der Waals surface area contributed by atoms with Crippen molar-refractivity contribution in [3.8, 4) is 5.75 Å². The van der Waals surface area contributed by atoms with Crippen LogP contribution in [0.4, 0.5) is 11.8 Å². The number of nitrogens with zero attached hydrogens (tertiary/aromatic N) is 3. The number of likely N-dealkylation sites (N-methyl/N-ethyl adjacent to an activating group) is 1. The Labute approximate surface area is 341 Å². The largest absolute Gasteiger partial charge is 0.496 e. The van der Waals surface area contributed by atoms with E-state index in [4.69, 9.17) is 57.8 Å². The maximum Gasteiger partial charge on any atom is 0.222 e. The Morgan fingerprint density at radius 1 is 0.632 bits per heavy atom. The number of anilines is 2. The molecule has 3 N–H and O–H groups in total. The van der Waals surface area contributed by atoms with Crippen LogP contribution in [0.25, 0.3) is 0 Å². The van der Waals surface area contributed by atoms with Crippen molar-refractivity contribution < 1.29 is 52.1 Å². The molecule has 1 aromatic carbocycles. The van der Waals surface area contributed by atoms with E-state index >= 15 is 0 Å². The number of hydrogen-bond acceptors (Lipinski definition) is 16. The van der Waals surface area contributed by atoms with E-state index in [9.17, 15) is 0 Å². The van der Waals surface area contributed by atoms with Gasteiger partial charge in [-0.2, -0.15) is 4.98 Å². The molecule has 0 bridgehead atoms. The van der Waals surface area contributed by atoms with Gasteiger partial charge in [-0.25, -0.2) is 4.98 Å². The molecule has 328 valence electrons. The van der Waals surface area contributed by atoms with Gasteiger partial charge < -0.3 is 63.2 Å². The second kappa shape index (κ2) is 35.2. The molecule has 0 saturated heterocycles. The van der Waals surface area contributed by atoms with Crippen molar-refractivity contribution in [1.29, 1.82) is 0 Å². The Balaban J connectivity index is 1.40. The molecule has 0 saturated carbocycles. The van der Waals surface area contributed by atoms with Crippen LogP contribution in [-0.4, -0.2) is 175 Å². The summed E-state index contributed by atoms with van der Waals surface area (Å²) in [4.78, 5) is 11.2. The number of ether oxygens (including phenoxy) is 11. The van der Waals surface area contributed by atoms with E-state index in [1.165, 1.54) is 6.42 Å². The fourth-order valence-electron chi connectivity index (χ4n) is 5.40. The second-order valence-corrected chi connectivity index (χ2v) is 13.2. The SMILES string of the molecule is CCCCCNc1nc(N)nc(C)c1Cc1ccc(CN(C)CCOCCOCCOCCOCCOCCOCCOCCOCCOCCOC)cc1OC. The Hall–Kier alpha value is -2.74. The minimum absolute atomic E-state index is 0.283. The van der Waals surface area contributed by atoms with E-state index in [0.717, 1.165) is 66.4 Å². The number of nitrogens with two attached hydrogens (primary N) is 1. The average Bonchev–Trinajstić information content (AvgIpc) is 3.20. The lowest BCUT2D eigenvalue weighted by Crippen LogP contribution is -2.23. The molecule has 0 fully saturated rings. The maximum atomic E-state index is 5.98. The van der Waals surface area contributed by atoms with Crippen LogP contribution >= 0.6 is 0 Å². The van der Waals surface area contributed by atoms with Crippen molar-refractivity contribution >= 4 is 11.8 Å². The molecule has 2 aromatic rings. The van der Waals surface area contributed by atoms with Crippen LogP contribution in [0.15, 0.2) is 18.2 Å². The van der Waals surface area contributed by atoms with Gasteiger partial charge in [0, 0.05) is 44.4 Å². The molecule has 0 atom stereocenters. The third-order valence-electron chi connectivity index (χ3n) is 8.50. The van der Waals surface area contributed by atoms with E-state index in [1.54, 1.807) is 14.2 Å². The molecule has 2 rings (SSSR count). The molecule has 16 nitrogen and oxygen atoms in total. The Morgan fingerprint density at radius 3 is 1.56 bits per heavy atom. The van der Waals surface area contributed by atoms with Crippen molar-refractivity contribution in [3.63, 3.8) is 0 Å². The van der Waals surface area contributed by atoms with Gasteiger partial charge in [-0.1, -0.05) is 31.9 Å². The lowest BCUT2D eigenvalue weighted by molar-refractivity contribution is -0.0260. The molecule has 1 heterocycles. The van der Waals surface area contributed by atoms with E-state index in [-0.39, 0.29) is 5.95 Å². The van der Waals surface area contributed by atoms with Crippen LogP contribution in [0, 0.1) is 6.92 Å². The van der Waals surface area contributed by atoms with E-state index < -0.39 is 0 Å². The molecule has 0 unspecified atom stereocenters. The van der Waals surface area contributed by atoms with E-state index in [0.29, 0.717) is 132 Å². The molecule has 0 aliphatic carbocycles. The van der Waals surface area contributed by atoms with Crippen LogP contribution in [0.1, 0.15) is 48.6 Å². The highest BCUT2D eigenvalue weighted by atomic mass is 16.6. The van der Waals surface area contributed by atoms with Crippen LogP contribution < -0.4 is 15.8 Å². The zero-order chi connectivity index (χ0) is 41.0. The second-order valence-electron chi connectivity index (χ2n) is 13.2. The molecule has 16 heteroatoms. The monoisotopic (exact) mass is 812 g/mol. The van der Waals surface area contributed by atoms with Crippen LogP contribution in [0.3, 0.4) is 0 Å². The zero-order valence-electron chi connectivity index (χ0n) is 35.5. The maximum absolute atomic E-state index is 5.98. The van der Waals surface area contributed by atoms with Gasteiger partial charge in [-0.05, 0) is 37.6 Å². The minimum Gasteiger partial charge on any atom is -0.496 e. The molecule has 57 heavy (non-hydrogen) atoms. The first-order chi connectivity index (χ1) is 28.0. The third kappa shape index (κ3) is 26.1. The number of nitrogen functional groups attached to an aromatic ring is 1. The number of unbranched alkanes of at least 4 members (excludes halogenated alkanes) is 2. The predicted octanol–water partition coefficient (Wildman–Crippen LogP) is 3.80. The minimum atomic E-state index is 0.283. The number of aryl methyl sites for hydroxylation is 1. The van der Waals surface area contributed by atoms with Crippen molar-refractivity contribution in [2.24, 2.45) is 0 Å². The van der Waals surface area contributed by atoms with Crippen LogP contribution in [0.2, 0.25) is 0 Å². The summed E-state index contributed by atoms with van der Waals surface area (Å²) in [7, 11) is 5.44. The summed E-state index contributed by atoms with van der Waals surface area (Å²) >= 11 is 0. The van der Waals surface area contributed by atoms with Gasteiger partial charge in [0.2, 0.25) is 5.95 Å². The summed E-state index contributed by atoms with van der Waals surface area (Å²) in [5.74, 6) is 1.93. The van der Waals surface area contributed by atoms with Gasteiger partial charge >= 0.3 is 0 Å². The van der Waals surface area contributed by atoms with Gasteiger partial charge in [0.15, 0.2) is 0 Å². The van der Waals surface area contributed by atoms with Crippen LogP contribution in [0.5, 0.6) is 5.75 Å². The summed E-state index contributed by atoms with van der Waals surface area (Å²) < 4.78 is 60.4. The fraction of sp³-hybridized carbons (Fsp3) is 0.756. The first kappa shape index (κ1) is 50.4. The molecular formula is C41H73N5O11. The predicted molar refractivity (Wildman–Crippen MR) is 221 cm³/mol. The molecule has 0 aliphatic heterocycles. The lowest BCUT2D eigenvalue weighted by atomic mass is 10.0. The van der Waals surface area contributed by atoms with Crippen LogP contribution in [-0.2, 0) is 60.3 Å². The number of nitrogens with one attached hydrogen (secondary N) is 1. The number of rotatable bonds is 40. The van der Waals surface area contributed by atoms with Crippen molar-refractivity contribution in [3.05, 3.63) is 40.6 Å². The molecule has 0 aliphatic rings. The highest BCUT2D eigenvalue weighted by Gasteiger charge is 2.15. The van der Waals surface area contributed by atoms with Gasteiger partial charge in [0.05, 0.1) is 133 Å². The molecule has 0 radical (unpaired) electrons. The first-order valence-electron chi connectivity index (χ1n) is 20.4. The van der Waals surface area contributed by atoms with Crippen molar-refractivity contribution in [2.75, 3.05) is 171 Å². The van der Waals surface area contributed by atoms with E-state index in [1.807, 2.05) is 6.92 Å². The number of hydrogen-bond donors (Lipinski definition) is 2. The van der Waals surface area contributed by atoms with Gasteiger partial charge in [-0.15, -0.1) is 0 Å². The number of methoxy groups -OCH3 is 2. The third-order valence-corrected chi connectivity index (χ3v) is 8.50. The summed E-state index contributed by atoms with van der Waals surface area (Å²) in [6.45, 7) is 16.7. The summed E-state index contributed by atoms with van der Waals surface area (Å²) in [6, 6.07) is 6.38. The Morgan fingerprint density at radius 2 is 1.11 bits per heavy atom. The van der Waals surface area contributed by atoms with Crippen molar-refractivity contribution in [2.45, 2.75) is 46.1 Å². The zero-order valence-corrected chi connectivity index (χ0v) is 35.5. The smallest absolute Gasteiger partial charge is 0.222 e. The summed E-state index contributed by atoms with van der Waals surface area (Å²) in [5.41, 5.74) is 10.1. The van der Waals surface area contributed by atoms with Crippen molar-refractivity contribution in [1.82, 2.24) is 14.9 Å². The highest BCUT2D eigenvalue weighted by Crippen LogP contribution is 2.28. The Bertz CT molecular complexity index is 1250. The molecule has 0 amide bonds. The van der Waals surface area contributed by atoms with E-state index in [2.05, 4.69) is 52.4 Å². The fourth-order valence-corrected chi connectivity index (χ4v) is 5.40. The molecule has 0 spiro atoms. The Kier molecular flexibility index (Phi) is 31.1. The average molecular weight is 812 g/mol. The topological polar surface area (TPSA) is 169 Å². The molecular weight excluding hydrogens is 738 g/mol. The normalized spacial score (nSPS) is 11.5. The highest BCUT2D eigenvalue weighted by molar-refractivity contribution is 5.53. The first-order valence-corrected chi connectivity index (χ1v) is 20.4.